The fourth-order valence-corrected chi connectivity index (χ4v) is 1.61. The minimum atomic E-state index is 0.440. The van der Waals surface area contributed by atoms with Crippen molar-refractivity contribution in [3.63, 3.8) is 0 Å². The molecule has 17 heavy (non-hydrogen) atoms. The summed E-state index contributed by atoms with van der Waals surface area (Å²) < 4.78 is 0. The summed E-state index contributed by atoms with van der Waals surface area (Å²) in [5.74, 6) is 1.27. The zero-order valence-electron chi connectivity index (χ0n) is 11.1. The molecule has 1 heterocycles. The van der Waals surface area contributed by atoms with Gasteiger partial charge in [-0.1, -0.05) is 20.3 Å². The van der Waals surface area contributed by atoms with Crippen LogP contribution in [0.1, 0.15) is 38.6 Å². The fourth-order valence-electron chi connectivity index (χ4n) is 1.61. The lowest BCUT2D eigenvalue weighted by Crippen LogP contribution is -2.30. The van der Waals surface area contributed by atoms with E-state index in [2.05, 4.69) is 41.7 Å². The second-order valence-corrected chi connectivity index (χ2v) is 4.36. The van der Waals surface area contributed by atoms with Crippen LogP contribution in [0.4, 0.5) is 5.95 Å². The molecule has 4 nitrogen and oxygen atoms in total. The lowest BCUT2D eigenvalue weighted by Gasteiger charge is -2.24. The van der Waals surface area contributed by atoms with Crippen molar-refractivity contribution in [2.75, 3.05) is 18.0 Å². The molecule has 1 rings (SSSR count). The summed E-state index contributed by atoms with van der Waals surface area (Å²) >= 11 is 0. The first-order chi connectivity index (χ1) is 8.10. The van der Waals surface area contributed by atoms with Gasteiger partial charge in [0.25, 0.3) is 0 Å². The predicted octanol–water partition coefficient (Wildman–Crippen LogP) is 2.53. The third kappa shape index (κ3) is 3.70. The predicted molar refractivity (Wildman–Crippen MR) is 68.8 cm³/mol. The highest BCUT2D eigenvalue weighted by molar-refractivity contribution is 5.35. The maximum atomic E-state index is 8.91. The first kappa shape index (κ1) is 13.4. The van der Waals surface area contributed by atoms with Crippen LogP contribution in [-0.4, -0.2) is 23.1 Å². The van der Waals surface area contributed by atoms with E-state index >= 15 is 0 Å². The average molecular weight is 232 g/mol. The monoisotopic (exact) mass is 232 g/mol. The molecule has 0 bridgehead atoms. The fraction of sp³-hybridized carbons (Fsp3) is 0.615. The third-order valence-corrected chi connectivity index (χ3v) is 2.85. The van der Waals surface area contributed by atoms with Crippen molar-refractivity contribution >= 4 is 5.95 Å². The normalized spacial score (nSPS) is 11.9. The minimum Gasteiger partial charge on any atom is -0.341 e. The van der Waals surface area contributed by atoms with Gasteiger partial charge in [-0.3, -0.25) is 0 Å². The molecule has 0 radical (unpaired) electrons. The molecule has 1 aromatic rings. The number of aryl methyl sites for hydroxylation is 1. The molecule has 0 fully saturated rings. The zero-order chi connectivity index (χ0) is 12.8. The second-order valence-electron chi connectivity index (χ2n) is 4.36. The molecule has 1 aromatic heterocycles. The van der Waals surface area contributed by atoms with Gasteiger partial charge in [-0.05, 0) is 25.8 Å². The van der Waals surface area contributed by atoms with E-state index in [-0.39, 0.29) is 0 Å². The Kier molecular flexibility index (Phi) is 4.89. The Hall–Kier alpha value is -1.63. The molecule has 0 saturated carbocycles. The molecule has 0 saturated heterocycles. The van der Waals surface area contributed by atoms with Crippen molar-refractivity contribution in [1.29, 1.82) is 5.26 Å². The van der Waals surface area contributed by atoms with Crippen molar-refractivity contribution in [1.82, 2.24) is 9.97 Å². The zero-order valence-corrected chi connectivity index (χ0v) is 11.1. The number of nitriles is 1. The number of anilines is 1. The quantitative estimate of drug-likeness (QED) is 0.782. The van der Waals surface area contributed by atoms with E-state index in [9.17, 15) is 0 Å². The van der Waals surface area contributed by atoms with Crippen molar-refractivity contribution in [3.8, 4) is 6.07 Å². The summed E-state index contributed by atoms with van der Waals surface area (Å²) in [5, 5.41) is 8.91. The maximum Gasteiger partial charge on any atom is 0.226 e. The van der Waals surface area contributed by atoms with Gasteiger partial charge in [0.15, 0.2) is 0 Å². The topological polar surface area (TPSA) is 52.8 Å². The van der Waals surface area contributed by atoms with E-state index in [4.69, 9.17) is 5.26 Å². The summed E-state index contributed by atoms with van der Waals surface area (Å²) in [5.41, 5.74) is 1.28. The van der Waals surface area contributed by atoms with Crippen LogP contribution in [0, 0.1) is 24.2 Å². The summed E-state index contributed by atoms with van der Waals surface area (Å²) in [6.07, 6.45) is 1.13. The van der Waals surface area contributed by atoms with E-state index in [1.165, 1.54) is 0 Å². The first-order valence-electron chi connectivity index (χ1n) is 6.11. The van der Waals surface area contributed by atoms with Crippen LogP contribution in [-0.2, 0) is 0 Å². The van der Waals surface area contributed by atoms with Crippen molar-refractivity contribution in [3.05, 3.63) is 17.5 Å². The van der Waals surface area contributed by atoms with Gasteiger partial charge in [-0.2, -0.15) is 5.26 Å². The van der Waals surface area contributed by atoms with Gasteiger partial charge in [0, 0.05) is 18.8 Å². The number of aromatic nitrogens is 2. The van der Waals surface area contributed by atoms with Gasteiger partial charge in [0.1, 0.15) is 11.8 Å². The van der Waals surface area contributed by atoms with Gasteiger partial charge in [-0.25, -0.2) is 9.97 Å². The van der Waals surface area contributed by atoms with Crippen LogP contribution in [0.15, 0.2) is 6.07 Å². The Balaban J connectivity index is 2.95. The Labute approximate surface area is 103 Å². The minimum absolute atomic E-state index is 0.440. The third-order valence-electron chi connectivity index (χ3n) is 2.85. The molecule has 0 spiro atoms. The number of hydrogen-bond donors (Lipinski definition) is 0. The smallest absolute Gasteiger partial charge is 0.226 e. The second kappa shape index (κ2) is 6.19. The standard InChI is InChI=1S/C13H20N4/c1-5-10(3)9-17(6-2)13-15-11(4)7-12(8-14)16-13/h7,10H,5-6,9H2,1-4H3. The Bertz CT molecular complexity index is 408. The summed E-state index contributed by atoms with van der Waals surface area (Å²) in [6.45, 7) is 10.2. The highest BCUT2D eigenvalue weighted by Gasteiger charge is 2.12. The van der Waals surface area contributed by atoms with Gasteiger partial charge in [0.05, 0.1) is 0 Å². The molecule has 0 amide bonds. The highest BCUT2D eigenvalue weighted by atomic mass is 15.2. The molecule has 0 aliphatic rings. The van der Waals surface area contributed by atoms with Crippen LogP contribution >= 0.6 is 0 Å². The number of nitrogens with zero attached hydrogens (tertiary/aromatic N) is 4. The van der Waals surface area contributed by atoms with Crippen LogP contribution in [0.5, 0.6) is 0 Å². The lowest BCUT2D eigenvalue weighted by molar-refractivity contribution is 0.542. The van der Waals surface area contributed by atoms with E-state index < -0.39 is 0 Å². The molecule has 0 N–H and O–H groups in total. The first-order valence-corrected chi connectivity index (χ1v) is 6.11. The molecule has 1 atom stereocenters. The number of hydrogen-bond acceptors (Lipinski definition) is 4. The highest BCUT2D eigenvalue weighted by Crippen LogP contribution is 2.13. The van der Waals surface area contributed by atoms with Crippen molar-refractivity contribution in [2.45, 2.75) is 34.1 Å². The van der Waals surface area contributed by atoms with Crippen LogP contribution in [0.25, 0.3) is 0 Å². The van der Waals surface area contributed by atoms with Crippen LogP contribution in [0.2, 0.25) is 0 Å². The molecule has 4 heteroatoms. The largest absolute Gasteiger partial charge is 0.341 e. The molecule has 0 aliphatic carbocycles. The summed E-state index contributed by atoms with van der Waals surface area (Å²) in [6, 6.07) is 3.79. The van der Waals surface area contributed by atoms with E-state index in [0.717, 1.165) is 25.2 Å². The van der Waals surface area contributed by atoms with E-state index in [0.29, 0.717) is 17.6 Å². The van der Waals surface area contributed by atoms with E-state index in [1.54, 1.807) is 6.07 Å². The van der Waals surface area contributed by atoms with E-state index in [1.807, 2.05) is 6.92 Å². The molecular weight excluding hydrogens is 212 g/mol. The van der Waals surface area contributed by atoms with Gasteiger partial charge in [-0.15, -0.1) is 0 Å². The van der Waals surface area contributed by atoms with Gasteiger partial charge < -0.3 is 4.90 Å². The molecule has 92 valence electrons. The van der Waals surface area contributed by atoms with Crippen molar-refractivity contribution < 1.29 is 0 Å². The molecule has 0 aromatic carbocycles. The van der Waals surface area contributed by atoms with Crippen LogP contribution in [0.3, 0.4) is 0 Å². The Morgan fingerprint density at radius 1 is 1.41 bits per heavy atom. The lowest BCUT2D eigenvalue weighted by atomic mass is 10.1. The molecule has 1 unspecified atom stereocenters. The molecular formula is C13H20N4. The Morgan fingerprint density at radius 2 is 2.12 bits per heavy atom. The summed E-state index contributed by atoms with van der Waals surface area (Å²) in [7, 11) is 0. The van der Waals surface area contributed by atoms with Crippen molar-refractivity contribution in [2.24, 2.45) is 5.92 Å². The van der Waals surface area contributed by atoms with Crippen LogP contribution < -0.4 is 4.90 Å². The summed E-state index contributed by atoms with van der Waals surface area (Å²) in [4.78, 5) is 10.8. The maximum absolute atomic E-state index is 8.91. The number of rotatable bonds is 5. The SMILES string of the molecule is CCC(C)CN(CC)c1nc(C)cc(C#N)n1. The average Bonchev–Trinajstić information content (AvgIpc) is 2.34. The van der Waals surface area contributed by atoms with Gasteiger partial charge in [0.2, 0.25) is 5.95 Å². The van der Waals surface area contributed by atoms with Gasteiger partial charge >= 0.3 is 0 Å². The Morgan fingerprint density at radius 3 is 2.65 bits per heavy atom. The molecule has 0 aliphatic heterocycles.